The normalized spacial score (nSPS) is 12.9. The molecule has 0 radical (unpaired) electrons. The molecule has 0 spiro atoms. The van der Waals surface area contributed by atoms with Gasteiger partial charge < -0.3 is 5.32 Å². The van der Waals surface area contributed by atoms with Gasteiger partial charge in [0.15, 0.2) is 11.6 Å². The Kier molecular flexibility index (Phi) is 4.48. The summed E-state index contributed by atoms with van der Waals surface area (Å²) in [5.74, 6) is -1.60. The third kappa shape index (κ3) is 3.35. The second-order valence-corrected chi connectivity index (χ2v) is 3.83. The first-order valence-electron chi connectivity index (χ1n) is 4.36. The van der Waals surface area contributed by atoms with Crippen LogP contribution < -0.4 is 5.32 Å². The predicted octanol–water partition coefficient (Wildman–Crippen LogP) is 2.84. The van der Waals surface area contributed by atoms with E-state index in [1.54, 1.807) is 6.07 Å². The zero-order valence-corrected chi connectivity index (χ0v) is 9.44. The minimum absolute atomic E-state index is 0.308. The Bertz CT molecular complexity index is 304. The monoisotopic (exact) mass is 263 g/mol. The van der Waals surface area contributed by atoms with Crippen molar-refractivity contribution in [3.8, 4) is 0 Å². The molecule has 14 heavy (non-hydrogen) atoms. The van der Waals surface area contributed by atoms with Crippen molar-refractivity contribution in [2.45, 2.75) is 19.5 Å². The lowest BCUT2D eigenvalue weighted by molar-refractivity contribution is 0.504. The summed E-state index contributed by atoms with van der Waals surface area (Å²) in [7, 11) is 0. The van der Waals surface area contributed by atoms with Gasteiger partial charge in [0.05, 0.1) is 0 Å². The maximum Gasteiger partial charge on any atom is 0.159 e. The molecule has 0 aliphatic rings. The molecule has 0 heterocycles. The Morgan fingerprint density at radius 3 is 2.64 bits per heavy atom. The number of benzene rings is 1. The molecular formula is C10H12BrF2N. The van der Waals surface area contributed by atoms with Gasteiger partial charge in [0, 0.05) is 17.9 Å². The number of hydrogen-bond acceptors (Lipinski definition) is 1. The Morgan fingerprint density at radius 1 is 1.36 bits per heavy atom. The maximum absolute atomic E-state index is 12.8. The van der Waals surface area contributed by atoms with E-state index in [1.165, 1.54) is 6.07 Å². The van der Waals surface area contributed by atoms with Crippen LogP contribution in [0.2, 0.25) is 0 Å². The van der Waals surface area contributed by atoms with Crippen molar-refractivity contribution in [2.75, 3.05) is 5.33 Å². The van der Waals surface area contributed by atoms with E-state index in [2.05, 4.69) is 21.2 Å². The topological polar surface area (TPSA) is 12.0 Å². The van der Waals surface area contributed by atoms with Gasteiger partial charge >= 0.3 is 0 Å². The summed E-state index contributed by atoms with van der Waals surface area (Å²) in [5, 5.41) is 3.99. The van der Waals surface area contributed by atoms with Gasteiger partial charge in [0.2, 0.25) is 0 Å². The Morgan fingerprint density at radius 2 is 2.07 bits per heavy atom. The fourth-order valence-electron chi connectivity index (χ4n) is 0.996. The molecule has 78 valence electrons. The van der Waals surface area contributed by atoms with Crippen LogP contribution in [0.4, 0.5) is 8.78 Å². The lowest BCUT2D eigenvalue weighted by Gasteiger charge is -2.10. The molecule has 1 nitrogen and oxygen atoms in total. The number of alkyl halides is 1. The molecule has 0 saturated carbocycles. The average Bonchev–Trinajstić information content (AvgIpc) is 2.19. The molecule has 0 aromatic heterocycles. The van der Waals surface area contributed by atoms with Crippen LogP contribution in [0.5, 0.6) is 0 Å². The molecule has 0 aliphatic carbocycles. The quantitative estimate of drug-likeness (QED) is 0.824. The van der Waals surface area contributed by atoms with Crippen LogP contribution in [0.15, 0.2) is 18.2 Å². The van der Waals surface area contributed by atoms with Crippen molar-refractivity contribution in [1.29, 1.82) is 0 Å². The lowest BCUT2D eigenvalue weighted by atomic mass is 10.2. The molecule has 0 amide bonds. The van der Waals surface area contributed by atoms with Gasteiger partial charge in [0.1, 0.15) is 0 Å². The van der Waals surface area contributed by atoms with E-state index in [0.29, 0.717) is 12.6 Å². The van der Waals surface area contributed by atoms with Crippen LogP contribution in [0, 0.1) is 11.6 Å². The van der Waals surface area contributed by atoms with Crippen molar-refractivity contribution >= 4 is 15.9 Å². The summed E-state index contributed by atoms with van der Waals surface area (Å²) < 4.78 is 25.3. The van der Waals surface area contributed by atoms with Crippen LogP contribution >= 0.6 is 15.9 Å². The highest BCUT2D eigenvalue weighted by molar-refractivity contribution is 9.09. The van der Waals surface area contributed by atoms with E-state index >= 15 is 0 Å². The Hall–Kier alpha value is -0.480. The average molecular weight is 264 g/mol. The Balaban J connectivity index is 2.55. The second kappa shape index (κ2) is 5.41. The highest BCUT2D eigenvalue weighted by Gasteiger charge is 2.03. The first-order valence-corrected chi connectivity index (χ1v) is 5.49. The largest absolute Gasteiger partial charge is 0.309 e. The highest BCUT2D eigenvalue weighted by atomic mass is 79.9. The molecule has 0 bridgehead atoms. The molecule has 4 heteroatoms. The number of rotatable bonds is 4. The molecule has 1 unspecified atom stereocenters. The standard InChI is InChI=1S/C10H12BrF2N/c1-7(5-11)14-6-8-2-3-9(12)10(13)4-8/h2-4,7,14H,5-6H2,1H3. The molecule has 1 atom stereocenters. The van der Waals surface area contributed by atoms with Gasteiger partial charge in [-0.15, -0.1) is 0 Å². The molecule has 0 saturated heterocycles. The lowest BCUT2D eigenvalue weighted by Crippen LogP contribution is -2.26. The van der Waals surface area contributed by atoms with Crippen LogP contribution in [0.25, 0.3) is 0 Å². The van der Waals surface area contributed by atoms with Crippen molar-refractivity contribution < 1.29 is 8.78 Å². The molecule has 0 aliphatic heterocycles. The Labute approximate surface area is 90.6 Å². The molecule has 0 fully saturated rings. The van der Waals surface area contributed by atoms with Crippen LogP contribution in [-0.4, -0.2) is 11.4 Å². The minimum atomic E-state index is -0.803. The minimum Gasteiger partial charge on any atom is -0.309 e. The van der Waals surface area contributed by atoms with Gasteiger partial charge in [-0.2, -0.15) is 0 Å². The van der Waals surface area contributed by atoms with Gasteiger partial charge in [-0.25, -0.2) is 8.78 Å². The highest BCUT2D eigenvalue weighted by Crippen LogP contribution is 2.08. The molecule has 1 rings (SSSR count). The van der Waals surface area contributed by atoms with Crippen molar-refractivity contribution in [3.63, 3.8) is 0 Å². The number of hydrogen-bond donors (Lipinski definition) is 1. The van der Waals surface area contributed by atoms with Crippen LogP contribution in [0.3, 0.4) is 0 Å². The fraction of sp³-hybridized carbons (Fsp3) is 0.400. The molecule has 1 aromatic rings. The molecule has 1 aromatic carbocycles. The van der Waals surface area contributed by atoms with E-state index in [1.807, 2.05) is 6.92 Å². The molecule has 1 N–H and O–H groups in total. The smallest absolute Gasteiger partial charge is 0.159 e. The number of halogens is 3. The molecular weight excluding hydrogens is 252 g/mol. The van der Waals surface area contributed by atoms with Crippen molar-refractivity contribution in [3.05, 3.63) is 35.4 Å². The van der Waals surface area contributed by atoms with E-state index in [-0.39, 0.29) is 0 Å². The van der Waals surface area contributed by atoms with Crippen LogP contribution in [0.1, 0.15) is 12.5 Å². The zero-order valence-electron chi connectivity index (χ0n) is 7.86. The van der Waals surface area contributed by atoms with Gasteiger partial charge in [-0.05, 0) is 24.6 Å². The van der Waals surface area contributed by atoms with Gasteiger partial charge in [0.25, 0.3) is 0 Å². The van der Waals surface area contributed by atoms with Crippen LogP contribution in [-0.2, 0) is 6.54 Å². The van der Waals surface area contributed by atoms with E-state index in [9.17, 15) is 8.78 Å². The zero-order chi connectivity index (χ0) is 10.6. The van der Waals surface area contributed by atoms with Gasteiger partial charge in [-0.3, -0.25) is 0 Å². The van der Waals surface area contributed by atoms with Crippen molar-refractivity contribution in [2.24, 2.45) is 0 Å². The summed E-state index contributed by atoms with van der Waals surface area (Å²) in [6.45, 7) is 2.55. The predicted molar refractivity (Wildman–Crippen MR) is 56.5 cm³/mol. The maximum atomic E-state index is 12.8. The third-order valence-electron chi connectivity index (χ3n) is 1.87. The number of nitrogens with one attached hydrogen (secondary N) is 1. The van der Waals surface area contributed by atoms with E-state index < -0.39 is 11.6 Å². The summed E-state index contributed by atoms with van der Waals surface area (Å²) >= 11 is 3.32. The van der Waals surface area contributed by atoms with E-state index in [4.69, 9.17) is 0 Å². The summed E-state index contributed by atoms with van der Waals surface area (Å²) in [4.78, 5) is 0. The third-order valence-corrected chi connectivity index (χ3v) is 2.84. The SMILES string of the molecule is CC(CBr)NCc1ccc(F)c(F)c1. The van der Waals surface area contributed by atoms with Gasteiger partial charge in [-0.1, -0.05) is 22.0 Å². The first kappa shape index (κ1) is 11.6. The summed E-state index contributed by atoms with van der Waals surface area (Å²) in [6, 6.07) is 4.24. The fourth-order valence-corrected chi connectivity index (χ4v) is 1.23. The summed E-state index contributed by atoms with van der Waals surface area (Å²) in [6.07, 6.45) is 0. The van der Waals surface area contributed by atoms with Crippen molar-refractivity contribution in [1.82, 2.24) is 5.32 Å². The summed E-state index contributed by atoms with van der Waals surface area (Å²) in [5.41, 5.74) is 0.747. The van der Waals surface area contributed by atoms with E-state index in [0.717, 1.165) is 17.0 Å². The first-order chi connectivity index (χ1) is 6.63. The second-order valence-electron chi connectivity index (χ2n) is 3.18.